The Kier molecular flexibility index (Phi) is 12.7. The predicted octanol–water partition coefficient (Wildman–Crippen LogP) is 18.1. The molecule has 352 valence electrons. The summed E-state index contributed by atoms with van der Waals surface area (Å²) in [6.07, 6.45) is 88.1. The maximum Gasteiger partial charge on any atom is 0.00948 e. The van der Waals surface area contributed by atoms with Gasteiger partial charge in [0.2, 0.25) is 0 Å². The molecule has 0 saturated heterocycles. The summed E-state index contributed by atoms with van der Waals surface area (Å²) >= 11 is 0. The van der Waals surface area contributed by atoms with Crippen LogP contribution in [0.15, 0.2) is 237 Å². The van der Waals surface area contributed by atoms with Gasteiger partial charge < -0.3 is 0 Å². The second-order valence-corrected chi connectivity index (χ2v) is 22.9. The second kappa shape index (κ2) is 19.5. The zero-order valence-corrected chi connectivity index (χ0v) is 41.8. The third-order valence-corrected chi connectivity index (χ3v) is 19.5. The number of hydrogen-bond donors (Lipinski definition) is 0. The van der Waals surface area contributed by atoms with E-state index < -0.39 is 0 Å². The topological polar surface area (TPSA) is 0 Å². The van der Waals surface area contributed by atoms with Crippen molar-refractivity contribution in [2.24, 2.45) is 64.6 Å². The molecule has 0 aromatic heterocycles. The summed E-state index contributed by atoms with van der Waals surface area (Å²) in [5.41, 5.74) is 19.9. The lowest BCUT2D eigenvalue weighted by Crippen LogP contribution is -2.44. The molecule has 0 heterocycles. The Bertz CT molecular complexity index is 2740. The van der Waals surface area contributed by atoms with Crippen LogP contribution in [0.4, 0.5) is 0 Å². The summed E-state index contributed by atoms with van der Waals surface area (Å²) in [5, 5.41) is 0. The lowest BCUT2D eigenvalue weighted by atomic mass is 9.50. The van der Waals surface area contributed by atoms with Crippen molar-refractivity contribution < 1.29 is 0 Å². The molecule has 0 aromatic carbocycles. The van der Waals surface area contributed by atoms with Crippen molar-refractivity contribution in [2.45, 2.75) is 117 Å². The number of allylic oxidation sites excluding steroid dienone is 40. The molecule has 0 fully saturated rings. The lowest BCUT2D eigenvalue weighted by Gasteiger charge is -2.54. The SMILES string of the molecule is CCC1CC2C3=C(C=CC(C4C=CC(C(CC5=CC=C(C6CC=CC=C6C6=CC=CCC6)C6CC=CC=C56)C5CC=CC=C5C5=CC=CCC5)=CC4)C3)C(C)(C3C=CC=CC3)CC2C2=C1C=CCC2. The van der Waals surface area contributed by atoms with Crippen LogP contribution in [0.1, 0.15) is 117 Å². The van der Waals surface area contributed by atoms with E-state index in [1.54, 1.807) is 50.2 Å². The highest BCUT2D eigenvalue weighted by atomic mass is 14.5. The zero-order valence-electron chi connectivity index (χ0n) is 41.8. The van der Waals surface area contributed by atoms with E-state index in [-0.39, 0.29) is 5.41 Å². The Morgan fingerprint density at radius 2 is 1.29 bits per heavy atom. The van der Waals surface area contributed by atoms with Gasteiger partial charge in [0.25, 0.3) is 0 Å². The molecule has 0 heteroatoms. The van der Waals surface area contributed by atoms with Gasteiger partial charge in [-0.25, -0.2) is 0 Å². The summed E-state index contributed by atoms with van der Waals surface area (Å²) in [6.45, 7) is 5.12. The summed E-state index contributed by atoms with van der Waals surface area (Å²) in [5.74, 6) is 5.52. The first kappa shape index (κ1) is 45.0. The number of hydrogen-bond acceptors (Lipinski definition) is 0. The first-order valence-corrected chi connectivity index (χ1v) is 27.8. The molecule has 0 N–H and O–H groups in total. The lowest BCUT2D eigenvalue weighted by molar-refractivity contribution is 0.151. The highest BCUT2D eigenvalue weighted by Crippen LogP contribution is 2.62. The summed E-state index contributed by atoms with van der Waals surface area (Å²) in [7, 11) is 0. The van der Waals surface area contributed by atoms with Crippen LogP contribution >= 0.6 is 0 Å². The molecule has 0 nitrogen and oxygen atoms in total. The van der Waals surface area contributed by atoms with Gasteiger partial charge in [0.1, 0.15) is 0 Å². The predicted molar refractivity (Wildman–Crippen MR) is 293 cm³/mol. The molecule has 0 radical (unpaired) electrons. The van der Waals surface area contributed by atoms with Crippen molar-refractivity contribution in [3.63, 3.8) is 0 Å². The van der Waals surface area contributed by atoms with Gasteiger partial charge in [0.05, 0.1) is 0 Å². The standard InChI is InChI=1S/C69H76/c1-3-47-43-65-66-44-52(40-42-68(66)69(2,54-25-11-6-12-26-54)46-67(65)62-34-20-13-27-55(47)62)48-35-37-51(38-36-48)64(61-33-19-15-29-57(61)50-23-9-5-10-24-50)45-53-39-41-63(60-32-18-16-30-58(53)60)59-31-17-14-28-56(59)49-21-7-4-8-22-49/h4-7,9,11-19,21,23,25,27-30,35,37-42,47-48,52,54,59-61,64-65,67H,3,8,10,20,22,24,26,31-34,36,43-46H2,1-2H3. The molecule has 0 spiro atoms. The van der Waals surface area contributed by atoms with Crippen LogP contribution in [-0.4, -0.2) is 0 Å². The van der Waals surface area contributed by atoms with E-state index >= 15 is 0 Å². The Morgan fingerprint density at radius 3 is 2.03 bits per heavy atom. The monoisotopic (exact) mass is 905 g/mol. The van der Waals surface area contributed by atoms with Gasteiger partial charge in [-0.05, 0) is 206 Å². The molecule has 11 atom stereocenters. The van der Waals surface area contributed by atoms with Gasteiger partial charge in [-0.2, -0.15) is 0 Å². The van der Waals surface area contributed by atoms with Gasteiger partial charge in [-0.3, -0.25) is 0 Å². The first-order valence-electron chi connectivity index (χ1n) is 27.8. The number of rotatable bonds is 10. The molecule has 12 aliphatic carbocycles. The molecule has 69 heavy (non-hydrogen) atoms. The third-order valence-electron chi connectivity index (χ3n) is 19.5. The van der Waals surface area contributed by atoms with Crippen LogP contribution in [0.5, 0.6) is 0 Å². The first-order chi connectivity index (χ1) is 34.1. The minimum absolute atomic E-state index is 0.173. The Balaban J connectivity index is 0.855. The molecule has 12 aliphatic rings. The van der Waals surface area contributed by atoms with Crippen LogP contribution in [-0.2, 0) is 0 Å². The van der Waals surface area contributed by atoms with Gasteiger partial charge in [0.15, 0.2) is 0 Å². The molecule has 11 unspecified atom stereocenters. The summed E-state index contributed by atoms with van der Waals surface area (Å²) < 4.78 is 0. The average molecular weight is 905 g/mol. The highest BCUT2D eigenvalue weighted by Gasteiger charge is 2.51. The van der Waals surface area contributed by atoms with Crippen LogP contribution in [0.2, 0.25) is 0 Å². The van der Waals surface area contributed by atoms with Gasteiger partial charge in [0, 0.05) is 11.8 Å². The van der Waals surface area contributed by atoms with Crippen LogP contribution in [0.3, 0.4) is 0 Å². The second-order valence-electron chi connectivity index (χ2n) is 22.9. The van der Waals surface area contributed by atoms with Gasteiger partial charge in [-0.15, -0.1) is 0 Å². The maximum atomic E-state index is 2.74. The van der Waals surface area contributed by atoms with E-state index in [4.69, 9.17) is 0 Å². The highest BCUT2D eigenvalue weighted by molar-refractivity contribution is 5.56. The van der Waals surface area contributed by atoms with Crippen molar-refractivity contribution >= 4 is 0 Å². The Morgan fingerprint density at radius 1 is 0.580 bits per heavy atom. The largest absolute Gasteiger partial charge is 0.0842 e. The average Bonchev–Trinajstić information content (AvgIpc) is 3.43. The zero-order chi connectivity index (χ0) is 46.3. The van der Waals surface area contributed by atoms with Crippen molar-refractivity contribution in [3.8, 4) is 0 Å². The molecule has 12 rings (SSSR count). The fourth-order valence-electron chi connectivity index (χ4n) is 15.8. The molecule has 0 aromatic rings. The smallest absolute Gasteiger partial charge is 0.00948 e. The van der Waals surface area contributed by atoms with Crippen LogP contribution in [0.25, 0.3) is 0 Å². The molecule has 0 amide bonds. The Hall–Kier alpha value is -5.20. The number of fused-ring (bicyclic) bond motifs is 4. The van der Waals surface area contributed by atoms with E-state index in [9.17, 15) is 0 Å². The van der Waals surface area contributed by atoms with E-state index in [2.05, 4.69) is 184 Å². The van der Waals surface area contributed by atoms with Gasteiger partial charge in [-0.1, -0.05) is 201 Å². The van der Waals surface area contributed by atoms with E-state index in [0.29, 0.717) is 59.2 Å². The molecule has 0 saturated carbocycles. The fraction of sp³-hybridized carbons (Fsp3) is 0.420. The minimum Gasteiger partial charge on any atom is -0.0842 e. The summed E-state index contributed by atoms with van der Waals surface area (Å²) in [4.78, 5) is 0. The maximum absolute atomic E-state index is 2.74. The third kappa shape index (κ3) is 8.44. The quantitative estimate of drug-likeness (QED) is 0.205. The van der Waals surface area contributed by atoms with Crippen molar-refractivity contribution in [1.82, 2.24) is 0 Å². The van der Waals surface area contributed by atoms with E-state index in [1.807, 2.05) is 11.1 Å². The molecular weight excluding hydrogens is 829 g/mol. The summed E-state index contributed by atoms with van der Waals surface area (Å²) in [6, 6.07) is 0. The Labute approximate surface area is 416 Å². The normalized spacial score (nSPS) is 35.7. The molecule has 0 aliphatic heterocycles. The van der Waals surface area contributed by atoms with Crippen molar-refractivity contribution in [3.05, 3.63) is 237 Å². The van der Waals surface area contributed by atoms with Crippen molar-refractivity contribution in [1.29, 1.82) is 0 Å². The van der Waals surface area contributed by atoms with Crippen molar-refractivity contribution in [2.75, 3.05) is 0 Å². The van der Waals surface area contributed by atoms with E-state index in [0.717, 1.165) is 57.8 Å². The van der Waals surface area contributed by atoms with Gasteiger partial charge >= 0.3 is 0 Å². The molecular formula is C69H76. The molecule has 0 bridgehead atoms. The van der Waals surface area contributed by atoms with E-state index in [1.165, 1.54) is 50.5 Å². The van der Waals surface area contributed by atoms with Crippen LogP contribution < -0.4 is 0 Å². The minimum atomic E-state index is 0.173. The fourth-order valence-corrected chi connectivity index (χ4v) is 15.8. The van der Waals surface area contributed by atoms with Crippen LogP contribution in [0, 0.1) is 64.6 Å².